The average molecular weight is 667 g/mol. The molecule has 6 rings (SSSR count). The molecule has 1 aliphatic carbocycles. The van der Waals surface area contributed by atoms with Gasteiger partial charge < -0.3 is 34.8 Å². The number of carbonyl (C=O) groups is 2. The van der Waals surface area contributed by atoms with E-state index in [0.29, 0.717) is 11.6 Å². The number of nitrogens with one attached hydrogen (secondary N) is 4. The second-order valence-electron chi connectivity index (χ2n) is 14.0. The smallest absolute Gasteiger partial charge is 0.320 e. The summed E-state index contributed by atoms with van der Waals surface area (Å²) in [6, 6.07) is -0.365. The van der Waals surface area contributed by atoms with Gasteiger partial charge in [-0.25, -0.2) is 0 Å². The zero-order chi connectivity index (χ0) is 35.3. The third-order valence-corrected chi connectivity index (χ3v) is 11.0. The Morgan fingerprint density at radius 1 is 0.898 bits per heavy atom. The number of esters is 2. The number of hydrogen-bond donors (Lipinski definition) is 5. The fraction of sp³-hybridized carbons (Fsp3) is 0.450. The Morgan fingerprint density at radius 2 is 1.59 bits per heavy atom. The first-order valence-corrected chi connectivity index (χ1v) is 17.5. The molecule has 0 spiro atoms. The SMILES string of the molecule is CCc1c2[nH]c(c1C)/C=C1\NC(C3=c4[nH]c(c(C)c4=C(O)[C@@H]3C(=O)OC)/C=c3\[nH]/c(c(C)c3CC)=C\2)[C@@H](CCC(=O)OCC=C(C)C)[C@@H]1C. The molecule has 5 N–H and O–H groups in total. The van der Waals surface area contributed by atoms with Crippen LogP contribution in [0.2, 0.25) is 0 Å². The van der Waals surface area contributed by atoms with Crippen LogP contribution < -0.4 is 26.6 Å². The van der Waals surface area contributed by atoms with Gasteiger partial charge in [0, 0.05) is 51.0 Å². The van der Waals surface area contributed by atoms with Gasteiger partial charge in [0.25, 0.3) is 0 Å². The number of ether oxygens (including phenoxy) is 2. The summed E-state index contributed by atoms with van der Waals surface area (Å²) in [5.74, 6) is -1.84. The van der Waals surface area contributed by atoms with E-state index in [4.69, 9.17) is 9.47 Å². The summed E-state index contributed by atoms with van der Waals surface area (Å²) in [4.78, 5) is 37.4. The molecule has 9 nitrogen and oxygen atoms in total. The molecule has 260 valence electrons. The molecule has 2 aliphatic heterocycles. The number of carbonyl (C=O) groups excluding carboxylic acids is 2. The van der Waals surface area contributed by atoms with Crippen molar-refractivity contribution in [1.82, 2.24) is 20.3 Å². The molecule has 5 heterocycles. The van der Waals surface area contributed by atoms with Gasteiger partial charge in [-0.2, -0.15) is 0 Å². The summed E-state index contributed by atoms with van der Waals surface area (Å²) in [5, 5.41) is 19.0. The van der Waals surface area contributed by atoms with Crippen molar-refractivity contribution in [2.75, 3.05) is 13.7 Å². The van der Waals surface area contributed by atoms with Crippen molar-refractivity contribution in [1.29, 1.82) is 0 Å². The number of methoxy groups -OCH3 is 1. The summed E-state index contributed by atoms with van der Waals surface area (Å²) in [7, 11) is 1.35. The van der Waals surface area contributed by atoms with E-state index in [0.717, 1.165) is 68.4 Å². The highest BCUT2D eigenvalue weighted by Crippen LogP contribution is 2.42. The van der Waals surface area contributed by atoms with Crippen molar-refractivity contribution in [3.05, 3.63) is 83.5 Å². The number of aliphatic hydroxyl groups is 1. The van der Waals surface area contributed by atoms with Gasteiger partial charge >= 0.3 is 11.9 Å². The van der Waals surface area contributed by atoms with Crippen molar-refractivity contribution in [3.63, 3.8) is 0 Å². The second-order valence-corrected chi connectivity index (χ2v) is 14.0. The van der Waals surface area contributed by atoms with Crippen molar-refractivity contribution in [3.8, 4) is 0 Å². The summed E-state index contributed by atoms with van der Waals surface area (Å²) >= 11 is 0. The zero-order valence-electron chi connectivity index (χ0n) is 30.2. The first-order chi connectivity index (χ1) is 23.4. The molecule has 3 aromatic heterocycles. The van der Waals surface area contributed by atoms with Gasteiger partial charge in [-0.3, -0.25) is 9.59 Å². The standard InChI is InChI=1S/C40H50N4O5/c1-10-24-20(5)27-16-29-22(7)26(12-13-33(45)49-15-14-19(3)4)37(43-29)35-36(40(47)48-9)39(46)34-23(8)30(44-38(34)35)18-32-25(11-2)21(6)28(42-32)17-31(24)41-27/h14,16-18,22,26,36-37,41-44,46H,10-13,15H2,1-9H3/b28-17-,29-16-,32-18-/t22-,26-,36+,37?/m0/s1. The molecule has 8 bridgehead atoms. The van der Waals surface area contributed by atoms with E-state index in [2.05, 4.69) is 73.1 Å². The lowest BCUT2D eigenvalue weighted by atomic mass is 9.80. The van der Waals surface area contributed by atoms with E-state index < -0.39 is 11.9 Å². The Morgan fingerprint density at radius 3 is 2.27 bits per heavy atom. The molecule has 0 saturated carbocycles. The highest BCUT2D eigenvalue weighted by Gasteiger charge is 2.47. The third-order valence-electron chi connectivity index (χ3n) is 11.0. The Balaban J connectivity index is 1.61. The van der Waals surface area contributed by atoms with Crippen LogP contribution in [0.25, 0.3) is 29.6 Å². The minimum absolute atomic E-state index is 0.00505. The van der Waals surface area contributed by atoms with Crippen LogP contribution in [0.15, 0.2) is 17.3 Å². The van der Waals surface area contributed by atoms with Crippen LogP contribution in [0, 0.1) is 38.5 Å². The number of hydrogen-bond acceptors (Lipinski definition) is 6. The lowest BCUT2D eigenvalue weighted by Crippen LogP contribution is -2.38. The quantitative estimate of drug-likeness (QED) is 0.183. The molecular weight excluding hydrogens is 616 g/mol. The fourth-order valence-electron chi connectivity index (χ4n) is 8.16. The molecule has 1 saturated heterocycles. The van der Waals surface area contributed by atoms with E-state index in [9.17, 15) is 14.7 Å². The van der Waals surface area contributed by atoms with Crippen LogP contribution in [0.4, 0.5) is 0 Å². The van der Waals surface area contributed by atoms with Gasteiger partial charge in [0.2, 0.25) is 0 Å². The van der Waals surface area contributed by atoms with Gasteiger partial charge in [0.15, 0.2) is 0 Å². The maximum Gasteiger partial charge on any atom is 0.320 e. The molecule has 9 heteroatoms. The summed E-state index contributed by atoms with van der Waals surface area (Å²) in [5.41, 5.74) is 11.5. The predicted octanol–water partition coefficient (Wildman–Crippen LogP) is 3.87. The maximum absolute atomic E-state index is 13.5. The van der Waals surface area contributed by atoms with E-state index in [1.165, 1.54) is 29.4 Å². The Labute approximate surface area is 287 Å². The van der Waals surface area contributed by atoms with Gasteiger partial charge in [0.05, 0.1) is 18.5 Å². The summed E-state index contributed by atoms with van der Waals surface area (Å²) < 4.78 is 10.8. The van der Waals surface area contributed by atoms with Gasteiger partial charge in [-0.1, -0.05) is 26.3 Å². The van der Waals surface area contributed by atoms with Crippen molar-refractivity contribution < 1.29 is 24.2 Å². The lowest BCUT2D eigenvalue weighted by Gasteiger charge is -2.26. The molecule has 0 radical (unpaired) electrons. The van der Waals surface area contributed by atoms with Gasteiger partial charge in [0.1, 0.15) is 18.3 Å². The minimum Gasteiger partial charge on any atom is -0.510 e. The molecular formula is C40H50N4O5. The van der Waals surface area contributed by atoms with Crippen LogP contribution in [0.1, 0.15) is 92.4 Å². The number of aromatic nitrogens is 3. The van der Waals surface area contributed by atoms with Crippen LogP contribution in [-0.2, 0) is 31.9 Å². The molecule has 1 unspecified atom stereocenters. The molecule has 0 amide bonds. The van der Waals surface area contributed by atoms with E-state index in [1.54, 1.807) is 0 Å². The van der Waals surface area contributed by atoms with Gasteiger partial charge in [-0.15, -0.1) is 0 Å². The lowest BCUT2D eigenvalue weighted by molar-refractivity contribution is -0.143. The van der Waals surface area contributed by atoms with Crippen molar-refractivity contribution in [2.24, 2.45) is 17.8 Å². The Kier molecular flexibility index (Phi) is 9.31. The third kappa shape index (κ3) is 5.87. The zero-order valence-corrected chi connectivity index (χ0v) is 30.2. The van der Waals surface area contributed by atoms with E-state index in [-0.39, 0.29) is 42.6 Å². The summed E-state index contributed by atoms with van der Waals surface area (Å²) in [6.45, 7) is 17.0. The molecule has 3 aliphatic rings. The Hall–Kier alpha value is -4.66. The predicted molar refractivity (Wildman–Crippen MR) is 193 cm³/mol. The summed E-state index contributed by atoms with van der Waals surface area (Å²) in [6.07, 6.45) is 10.9. The van der Waals surface area contributed by atoms with E-state index in [1.807, 2.05) is 26.8 Å². The first kappa shape index (κ1) is 34.2. The second kappa shape index (κ2) is 13.3. The molecule has 0 aromatic carbocycles. The number of H-pyrrole nitrogens is 3. The van der Waals surface area contributed by atoms with Gasteiger partial charge in [-0.05, 0) is 117 Å². The highest BCUT2D eigenvalue weighted by molar-refractivity contribution is 5.95. The number of allylic oxidation sites excluding steroid dienone is 2. The van der Waals surface area contributed by atoms with Crippen LogP contribution in [-0.4, -0.2) is 51.8 Å². The molecule has 1 fully saturated rings. The monoisotopic (exact) mass is 666 g/mol. The molecule has 49 heavy (non-hydrogen) atoms. The van der Waals surface area contributed by atoms with E-state index >= 15 is 0 Å². The number of fused-ring (bicyclic) bond motifs is 8. The molecule has 3 aromatic rings. The topological polar surface area (TPSA) is 132 Å². The maximum atomic E-state index is 13.5. The number of rotatable bonds is 8. The van der Waals surface area contributed by atoms with Crippen LogP contribution in [0.3, 0.4) is 0 Å². The van der Waals surface area contributed by atoms with Crippen molar-refractivity contribution >= 4 is 41.5 Å². The Bertz CT molecular complexity index is 2150. The minimum atomic E-state index is -0.972. The highest BCUT2D eigenvalue weighted by atomic mass is 16.5. The number of aromatic amines is 3. The molecule has 4 atom stereocenters. The van der Waals surface area contributed by atoms with Crippen LogP contribution in [0.5, 0.6) is 0 Å². The number of aliphatic hydroxyl groups excluding tert-OH is 1. The largest absolute Gasteiger partial charge is 0.510 e. The van der Waals surface area contributed by atoms with Crippen LogP contribution >= 0.6 is 0 Å². The normalized spacial score (nSPS) is 23.2. The van der Waals surface area contributed by atoms with Crippen molar-refractivity contribution in [2.45, 2.75) is 87.1 Å². The first-order valence-electron chi connectivity index (χ1n) is 17.5. The fourth-order valence-corrected chi connectivity index (χ4v) is 8.16. The average Bonchev–Trinajstić information content (AvgIpc) is 3.80.